The van der Waals surface area contributed by atoms with Crippen LogP contribution in [0.1, 0.15) is 53.6 Å². The van der Waals surface area contributed by atoms with E-state index >= 15 is 0 Å². The Labute approximate surface area is 178 Å². The van der Waals surface area contributed by atoms with Gasteiger partial charge in [0.25, 0.3) is 0 Å². The van der Waals surface area contributed by atoms with Crippen molar-refractivity contribution in [2.45, 2.75) is 60.8 Å². The molecule has 0 aromatic heterocycles. The molecular weight excluding hydrogens is 438 g/mol. The van der Waals surface area contributed by atoms with Gasteiger partial charge in [0.15, 0.2) is 0 Å². The molecule has 0 nitrogen and oxygen atoms in total. The zero-order chi connectivity index (χ0) is 19.7. The molecule has 0 unspecified atom stereocenters. The van der Waals surface area contributed by atoms with Crippen LogP contribution in [0.3, 0.4) is 0 Å². The third-order valence-corrected chi connectivity index (χ3v) is 5.16. The summed E-state index contributed by atoms with van der Waals surface area (Å²) in [7, 11) is 9.87. The molecule has 0 amide bonds. The number of halogens is 2. The van der Waals surface area contributed by atoms with Gasteiger partial charge < -0.3 is 0 Å². The van der Waals surface area contributed by atoms with E-state index in [-0.39, 0.29) is 0 Å². The van der Waals surface area contributed by atoms with Gasteiger partial charge in [0.05, 0.1) is 0 Å². The van der Waals surface area contributed by atoms with E-state index in [1.54, 1.807) is 5.56 Å². The first-order valence-electron chi connectivity index (χ1n) is 9.23. The predicted octanol–water partition coefficient (Wildman–Crippen LogP) is 8.09. The Kier molecular flexibility index (Phi) is 11.1. The average Bonchev–Trinajstić information content (AvgIpc) is 3.11. The molecule has 3 aromatic rings. The second kappa shape index (κ2) is 12.2. The van der Waals surface area contributed by atoms with E-state index in [0.29, 0.717) is 0 Å². The molecule has 0 N–H and O–H groups in total. The Hall–Kier alpha value is -0.357. The summed E-state index contributed by atoms with van der Waals surface area (Å²) >= 11 is -0.826. The third kappa shape index (κ3) is 6.36. The Bertz CT molecular complexity index is 737. The van der Waals surface area contributed by atoms with E-state index in [0.717, 1.165) is 0 Å². The molecule has 3 rings (SSSR count). The van der Waals surface area contributed by atoms with Crippen molar-refractivity contribution in [3.05, 3.63) is 69.8 Å². The van der Waals surface area contributed by atoms with Gasteiger partial charge in [0.2, 0.25) is 0 Å². The van der Waals surface area contributed by atoms with Crippen molar-refractivity contribution < 1.29 is 20.8 Å². The number of hydrogen-bond donors (Lipinski definition) is 0. The first kappa shape index (κ1) is 23.7. The van der Waals surface area contributed by atoms with Crippen molar-refractivity contribution in [1.29, 1.82) is 0 Å². The molecule has 0 aliphatic rings. The fraction of sp³-hybridized carbons (Fsp3) is 0.391. The van der Waals surface area contributed by atoms with E-state index in [1.807, 2.05) is 0 Å². The molecule has 140 valence electrons. The summed E-state index contributed by atoms with van der Waals surface area (Å²) in [5, 5.41) is 2.75. The zero-order valence-corrected chi connectivity index (χ0v) is 20.8. The fourth-order valence-electron chi connectivity index (χ4n) is 3.47. The van der Waals surface area contributed by atoms with E-state index in [9.17, 15) is 0 Å². The minimum absolute atomic E-state index is 0.826. The summed E-state index contributed by atoms with van der Waals surface area (Å²) in [5.74, 6) is 0. The molecule has 0 fully saturated rings. The van der Waals surface area contributed by atoms with Crippen LogP contribution in [0.5, 0.6) is 0 Å². The van der Waals surface area contributed by atoms with Crippen molar-refractivity contribution in [1.82, 2.24) is 0 Å². The van der Waals surface area contributed by atoms with Gasteiger partial charge >= 0.3 is 37.9 Å². The van der Waals surface area contributed by atoms with Crippen LogP contribution in [0.15, 0.2) is 36.4 Å². The minimum atomic E-state index is -0.826. The first-order chi connectivity index (χ1) is 12.4. The maximum atomic E-state index is 4.93. The second-order valence-electron chi connectivity index (χ2n) is 6.65. The van der Waals surface area contributed by atoms with Gasteiger partial charge in [-0.05, 0) is 6.42 Å². The topological polar surface area (TPSA) is 0 Å². The van der Waals surface area contributed by atoms with Crippen LogP contribution in [0.2, 0.25) is 0 Å². The summed E-state index contributed by atoms with van der Waals surface area (Å²) in [6.07, 6.45) is 3.61. The normalized spacial score (nSPS) is 9.85. The molecule has 0 aliphatic carbocycles. The molecule has 3 heteroatoms. The quantitative estimate of drug-likeness (QED) is 0.341. The van der Waals surface area contributed by atoms with Crippen molar-refractivity contribution >= 4 is 27.8 Å². The van der Waals surface area contributed by atoms with Crippen LogP contribution in [-0.4, -0.2) is 0 Å². The van der Waals surface area contributed by atoms with E-state index < -0.39 is 20.8 Å². The third-order valence-electron chi connectivity index (χ3n) is 5.16. The molecule has 0 aliphatic heterocycles. The van der Waals surface area contributed by atoms with E-state index in [2.05, 4.69) is 77.9 Å². The summed E-state index contributed by atoms with van der Waals surface area (Å²) in [6.45, 7) is 13.3. The number of rotatable bonds is 3. The molecule has 0 saturated heterocycles. The zero-order valence-electron chi connectivity index (χ0n) is 16.8. The Morgan fingerprint density at radius 3 is 1.92 bits per heavy atom. The van der Waals surface area contributed by atoms with Crippen LogP contribution in [0, 0.1) is 27.7 Å². The van der Waals surface area contributed by atoms with Crippen LogP contribution >= 0.6 is 17.0 Å². The van der Waals surface area contributed by atoms with Gasteiger partial charge in [-0.3, -0.25) is 0 Å². The molecule has 0 atom stereocenters. The number of benzene rings is 1. The van der Waals surface area contributed by atoms with E-state index in [4.69, 9.17) is 17.0 Å². The molecule has 0 spiro atoms. The second-order valence-corrected chi connectivity index (χ2v) is 10.4. The van der Waals surface area contributed by atoms with Crippen LogP contribution in [0.25, 0.3) is 10.8 Å². The van der Waals surface area contributed by atoms with Crippen molar-refractivity contribution in [3.63, 3.8) is 0 Å². The van der Waals surface area contributed by atoms with Crippen LogP contribution in [0.4, 0.5) is 0 Å². The summed E-state index contributed by atoms with van der Waals surface area (Å²) in [4.78, 5) is 0. The fourth-order valence-corrected chi connectivity index (χ4v) is 3.47. The molecule has 26 heavy (non-hydrogen) atoms. The van der Waals surface area contributed by atoms with Gasteiger partial charge in [0.1, 0.15) is 0 Å². The first-order valence-corrected chi connectivity index (χ1v) is 15.6. The van der Waals surface area contributed by atoms with Crippen molar-refractivity contribution in [3.8, 4) is 0 Å². The summed E-state index contributed by atoms with van der Waals surface area (Å²) < 4.78 is 0. The summed E-state index contributed by atoms with van der Waals surface area (Å²) in [5.41, 5.74) is 9.00. The van der Waals surface area contributed by atoms with Gasteiger partial charge in [0, 0.05) is 0 Å². The average molecular weight is 469 g/mol. The Balaban J connectivity index is 0.000000227. The van der Waals surface area contributed by atoms with Crippen LogP contribution in [-0.2, 0) is 33.7 Å². The Morgan fingerprint density at radius 2 is 1.50 bits per heavy atom. The standard InChI is InChI=1S/C12H13.C11H17.2ClH.Zr/c1-2-5-10-8-11-6-3-4-7-12(11)9-10;1-6-11-9(4)7(2)8(3)10(11)5;;;/h3-4,6-9H,2,5H2,1H3;6H2,1-5H3;2*1H;/q2*-1;;;+4/p-2. The van der Waals surface area contributed by atoms with Gasteiger partial charge in [-0.2, -0.15) is 33.9 Å². The van der Waals surface area contributed by atoms with Crippen molar-refractivity contribution in [2.75, 3.05) is 0 Å². The predicted molar refractivity (Wildman–Crippen MR) is 116 cm³/mol. The summed E-state index contributed by atoms with van der Waals surface area (Å²) in [6, 6.07) is 13.1. The number of aryl methyl sites for hydroxylation is 1. The number of fused-ring (bicyclic) bond motifs is 1. The molecule has 0 saturated carbocycles. The molecule has 0 bridgehead atoms. The van der Waals surface area contributed by atoms with Crippen molar-refractivity contribution in [2.24, 2.45) is 0 Å². The van der Waals surface area contributed by atoms with E-state index in [1.165, 1.54) is 57.9 Å². The number of hydrogen-bond acceptors (Lipinski definition) is 0. The Morgan fingerprint density at radius 1 is 0.962 bits per heavy atom. The molecular formula is C23H30Cl2Zr. The molecule has 3 aromatic carbocycles. The monoisotopic (exact) mass is 466 g/mol. The van der Waals surface area contributed by atoms with Gasteiger partial charge in [-0.25, -0.2) is 0 Å². The van der Waals surface area contributed by atoms with Crippen LogP contribution < -0.4 is 0 Å². The maximum absolute atomic E-state index is 4.93. The SMILES string of the molecule is CCCc1cc2ccccc2[cH-]1.CC[c-]1c(C)c(C)c(C)c1C.[Cl][Zr+2][Cl]. The van der Waals surface area contributed by atoms with Gasteiger partial charge in [-0.1, -0.05) is 60.5 Å². The van der Waals surface area contributed by atoms with Gasteiger partial charge in [-0.15, -0.1) is 40.6 Å². The molecule has 0 radical (unpaired) electrons. The molecule has 0 heterocycles.